The third kappa shape index (κ3) is 3.46. The maximum absolute atomic E-state index is 11.2. The van der Waals surface area contributed by atoms with Crippen molar-refractivity contribution >= 4 is 17.5 Å². The third-order valence-electron chi connectivity index (χ3n) is 1.64. The predicted octanol–water partition coefficient (Wildman–Crippen LogP) is 1.52. The molecule has 0 aliphatic heterocycles. The van der Waals surface area contributed by atoms with Crippen molar-refractivity contribution in [3.8, 4) is 6.07 Å². The van der Waals surface area contributed by atoms with Crippen molar-refractivity contribution in [2.45, 2.75) is 6.42 Å². The molecule has 1 aromatic rings. The van der Waals surface area contributed by atoms with Gasteiger partial charge in [0.25, 0.3) is 0 Å². The molecule has 1 amide bonds. The maximum atomic E-state index is 11.2. The molecule has 3 nitrogen and oxygen atoms in total. The van der Waals surface area contributed by atoms with E-state index in [4.69, 9.17) is 16.9 Å². The molecule has 0 saturated heterocycles. The molecule has 0 fully saturated rings. The van der Waals surface area contributed by atoms with Gasteiger partial charge in [0.1, 0.15) is 6.54 Å². The summed E-state index contributed by atoms with van der Waals surface area (Å²) in [6.45, 7) is 0.0480. The van der Waals surface area contributed by atoms with Crippen LogP contribution in [-0.4, -0.2) is 12.5 Å². The van der Waals surface area contributed by atoms with Gasteiger partial charge in [-0.2, -0.15) is 5.26 Å². The highest BCUT2D eigenvalue weighted by atomic mass is 35.5. The Hall–Kier alpha value is -1.53. The van der Waals surface area contributed by atoms with Crippen LogP contribution >= 0.6 is 11.6 Å². The van der Waals surface area contributed by atoms with E-state index < -0.39 is 0 Å². The highest BCUT2D eigenvalue weighted by Crippen LogP contribution is 2.09. The molecule has 0 unspecified atom stereocenters. The van der Waals surface area contributed by atoms with Gasteiger partial charge < -0.3 is 5.32 Å². The quantitative estimate of drug-likeness (QED) is 0.766. The van der Waals surface area contributed by atoms with E-state index >= 15 is 0 Å². The van der Waals surface area contributed by atoms with Crippen molar-refractivity contribution in [3.63, 3.8) is 0 Å². The van der Waals surface area contributed by atoms with Gasteiger partial charge in [-0.1, -0.05) is 23.7 Å². The van der Waals surface area contributed by atoms with E-state index in [0.717, 1.165) is 5.56 Å². The monoisotopic (exact) mass is 208 g/mol. The number of nitrogens with zero attached hydrogens (tertiary/aromatic N) is 1. The molecular weight excluding hydrogens is 200 g/mol. The first-order valence-electron chi connectivity index (χ1n) is 4.10. The molecule has 0 aliphatic rings. The molecule has 0 heterocycles. The summed E-state index contributed by atoms with van der Waals surface area (Å²) in [5.41, 5.74) is 0.879. The van der Waals surface area contributed by atoms with Crippen LogP contribution in [0.4, 0.5) is 0 Å². The van der Waals surface area contributed by atoms with Gasteiger partial charge in [-0.25, -0.2) is 0 Å². The van der Waals surface area contributed by atoms with E-state index in [1.54, 1.807) is 24.3 Å². The maximum Gasteiger partial charge on any atom is 0.225 e. The lowest BCUT2D eigenvalue weighted by molar-refractivity contribution is -0.120. The molecule has 0 aliphatic carbocycles. The van der Waals surface area contributed by atoms with Gasteiger partial charge in [0, 0.05) is 5.02 Å². The summed E-state index contributed by atoms with van der Waals surface area (Å²) in [7, 11) is 0. The highest BCUT2D eigenvalue weighted by molar-refractivity contribution is 6.30. The van der Waals surface area contributed by atoms with Crippen LogP contribution < -0.4 is 5.32 Å². The Balaban J connectivity index is 2.49. The fourth-order valence-corrected chi connectivity index (χ4v) is 1.11. The van der Waals surface area contributed by atoms with Crippen molar-refractivity contribution in [2.75, 3.05) is 6.54 Å². The highest BCUT2D eigenvalue weighted by Gasteiger charge is 2.01. The van der Waals surface area contributed by atoms with Gasteiger partial charge in [-0.15, -0.1) is 0 Å². The van der Waals surface area contributed by atoms with Gasteiger partial charge >= 0.3 is 0 Å². The lowest BCUT2D eigenvalue weighted by Gasteiger charge is -2.00. The smallest absolute Gasteiger partial charge is 0.225 e. The minimum absolute atomic E-state index is 0.0480. The molecule has 72 valence electrons. The molecule has 0 radical (unpaired) electrons. The van der Waals surface area contributed by atoms with Gasteiger partial charge in [0.2, 0.25) is 5.91 Å². The summed E-state index contributed by atoms with van der Waals surface area (Å²) < 4.78 is 0. The number of nitriles is 1. The first kappa shape index (κ1) is 10.6. The molecule has 14 heavy (non-hydrogen) atoms. The summed E-state index contributed by atoms with van der Waals surface area (Å²) >= 11 is 5.69. The van der Waals surface area contributed by atoms with Crippen molar-refractivity contribution in [3.05, 3.63) is 34.9 Å². The van der Waals surface area contributed by atoms with Crippen LogP contribution in [-0.2, 0) is 11.2 Å². The van der Waals surface area contributed by atoms with Crippen LogP contribution in [0.15, 0.2) is 24.3 Å². The molecule has 0 bridgehead atoms. The number of hydrogen-bond donors (Lipinski definition) is 1. The Morgan fingerprint density at radius 2 is 2.07 bits per heavy atom. The zero-order chi connectivity index (χ0) is 10.4. The summed E-state index contributed by atoms with van der Waals surface area (Å²) in [6, 6.07) is 8.87. The van der Waals surface area contributed by atoms with E-state index in [9.17, 15) is 4.79 Å². The molecule has 0 saturated carbocycles. The SMILES string of the molecule is N#CCNC(=O)Cc1ccc(Cl)cc1. The average Bonchev–Trinajstić information content (AvgIpc) is 2.18. The lowest BCUT2D eigenvalue weighted by Crippen LogP contribution is -2.25. The van der Waals surface area contributed by atoms with Crippen molar-refractivity contribution in [1.82, 2.24) is 5.32 Å². The molecular formula is C10H9ClN2O. The number of halogens is 1. The van der Waals surface area contributed by atoms with E-state index in [2.05, 4.69) is 5.32 Å². The molecule has 1 rings (SSSR count). The van der Waals surface area contributed by atoms with E-state index in [1.807, 2.05) is 6.07 Å². The third-order valence-corrected chi connectivity index (χ3v) is 1.89. The second-order valence-corrected chi connectivity index (χ2v) is 3.17. The fraction of sp³-hybridized carbons (Fsp3) is 0.200. The van der Waals surface area contributed by atoms with Crippen LogP contribution in [0, 0.1) is 11.3 Å². The van der Waals surface area contributed by atoms with Crippen molar-refractivity contribution in [2.24, 2.45) is 0 Å². The Bertz CT molecular complexity index is 353. The topological polar surface area (TPSA) is 52.9 Å². The fourth-order valence-electron chi connectivity index (χ4n) is 0.988. The number of nitrogens with one attached hydrogen (secondary N) is 1. The standard InChI is InChI=1S/C10H9ClN2O/c11-9-3-1-8(2-4-9)7-10(14)13-6-5-12/h1-4H,6-7H2,(H,13,14). The van der Waals surface area contributed by atoms with E-state index in [0.29, 0.717) is 5.02 Å². The largest absolute Gasteiger partial charge is 0.343 e. The van der Waals surface area contributed by atoms with Gasteiger partial charge in [0.05, 0.1) is 12.5 Å². The first-order valence-corrected chi connectivity index (χ1v) is 4.48. The summed E-state index contributed by atoms with van der Waals surface area (Å²) in [5, 5.41) is 11.3. The van der Waals surface area contributed by atoms with Crippen LogP contribution in [0.2, 0.25) is 5.02 Å². The van der Waals surface area contributed by atoms with Gasteiger partial charge in [0.15, 0.2) is 0 Å². The number of carbonyl (C=O) groups is 1. The molecule has 1 aromatic carbocycles. The zero-order valence-electron chi connectivity index (χ0n) is 7.46. The summed E-state index contributed by atoms with van der Waals surface area (Å²) in [5.74, 6) is -0.158. The van der Waals surface area contributed by atoms with Crippen LogP contribution in [0.3, 0.4) is 0 Å². The zero-order valence-corrected chi connectivity index (χ0v) is 8.21. The van der Waals surface area contributed by atoms with E-state index in [-0.39, 0.29) is 18.9 Å². The molecule has 0 spiro atoms. The summed E-state index contributed by atoms with van der Waals surface area (Å²) in [6.07, 6.45) is 0.277. The van der Waals surface area contributed by atoms with E-state index in [1.165, 1.54) is 0 Å². The van der Waals surface area contributed by atoms with Gasteiger partial charge in [-0.3, -0.25) is 4.79 Å². The number of carbonyl (C=O) groups excluding carboxylic acids is 1. The van der Waals surface area contributed by atoms with Crippen LogP contribution in [0.1, 0.15) is 5.56 Å². The van der Waals surface area contributed by atoms with Crippen molar-refractivity contribution < 1.29 is 4.79 Å². The Morgan fingerprint density at radius 3 is 2.64 bits per heavy atom. The molecule has 1 N–H and O–H groups in total. The van der Waals surface area contributed by atoms with Crippen LogP contribution in [0.5, 0.6) is 0 Å². The Kier molecular flexibility index (Phi) is 3.96. The Morgan fingerprint density at radius 1 is 1.43 bits per heavy atom. The minimum Gasteiger partial charge on any atom is -0.343 e. The van der Waals surface area contributed by atoms with Crippen LogP contribution in [0.25, 0.3) is 0 Å². The number of hydrogen-bond acceptors (Lipinski definition) is 2. The molecule has 0 aromatic heterocycles. The number of rotatable bonds is 3. The average molecular weight is 209 g/mol. The summed E-state index contributed by atoms with van der Waals surface area (Å²) in [4.78, 5) is 11.2. The first-order chi connectivity index (χ1) is 6.72. The number of amides is 1. The van der Waals surface area contributed by atoms with Crippen molar-refractivity contribution in [1.29, 1.82) is 5.26 Å². The second kappa shape index (κ2) is 5.25. The minimum atomic E-state index is -0.158. The normalized spacial score (nSPS) is 9.14. The second-order valence-electron chi connectivity index (χ2n) is 2.74. The Labute approximate surface area is 87.3 Å². The molecule has 0 atom stereocenters. The van der Waals surface area contributed by atoms with Gasteiger partial charge in [-0.05, 0) is 17.7 Å². The number of benzene rings is 1. The lowest BCUT2D eigenvalue weighted by atomic mass is 10.1. The molecule has 4 heteroatoms. The predicted molar refractivity (Wildman–Crippen MR) is 53.8 cm³/mol.